The fourth-order valence-electron chi connectivity index (χ4n) is 2.55. The van der Waals surface area contributed by atoms with Crippen LogP contribution in [0.5, 0.6) is 17.2 Å². The summed E-state index contributed by atoms with van der Waals surface area (Å²) in [6.45, 7) is 0. The van der Waals surface area contributed by atoms with Gasteiger partial charge in [0.2, 0.25) is 0 Å². The molecule has 26 heavy (non-hydrogen) atoms. The maximum Gasteiger partial charge on any atom is 0.127 e. The lowest BCUT2D eigenvalue weighted by molar-refractivity contribution is 0.407. The zero-order chi connectivity index (χ0) is 18.2. The maximum absolute atomic E-state index is 12.2. The number of para-hydroxylation sites is 2. The number of phenolic OH excluding ortho intramolecular Hbond substituents is 1. The smallest absolute Gasteiger partial charge is 0.127 e. The van der Waals surface area contributed by atoms with Crippen molar-refractivity contribution in [2.45, 2.75) is 0 Å². The van der Waals surface area contributed by atoms with Gasteiger partial charge in [-0.15, -0.1) is 4.48 Å². The molecule has 130 valence electrons. The summed E-state index contributed by atoms with van der Waals surface area (Å²) in [6.07, 6.45) is 4.44. The molecule has 0 heterocycles. The number of rotatable bonds is 6. The molecule has 3 rings (SSSR count). The average Bonchev–Trinajstić information content (AvgIpc) is 2.68. The third-order valence-corrected chi connectivity index (χ3v) is 3.76. The van der Waals surface area contributed by atoms with E-state index in [1.54, 1.807) is 18.2 Å². The van der Waals surface area contributed by atoms with Gasteiger partial charge in [0.1, 0.15) is 17.2 Å². The fraction of sp³-hybridized carbons (Fsp3) is 0. The molecule has 0 atom stereocenters. The minimum absolute atomic E-state index is 0.157. The van der Waals surface area contributed by atoms with E-state index in [1.165, 1.54) is 17.8 Å². The highest BCUT2D eigenvalue weighted by Crippen LogP contribution is 2.32. The summed E-state index contributed by atoms with van der Waals surface area (Å²) in [5, 5.41) is 10.2. The van der Waals surface area contributed by atoms with Crippen LogP contribution in [-0.4, -0.2) is 5.11 Å². The average molecular weight is 347 g/mol. The molecule has 0 aromatic heterocycles. The molecule has 0 unspecified atom stereocenters. The van der Waals surface area contributed by atoms with Crippen molar-refractivity contribution in [3.05, 3.63) is 108 Å². The Labute approximate surface area is 151 Å². The highest BCUT2D eigenvalue weighted by molar-refractivity contribution is 5.83. The molecule has 3 aromatic rings. The quantitative estimate of drug-likeness (QED) is 0.450. The van der Waals surface area contributed by atoms with E-state index in [0.29, 0.717) is 11.3 Å². The van der Waals surface area contributed by atoms with Crippen molar-refractivity contribution in [1.82, 2.24) is 5.54 Å². The van der Waals surface area contributed by atoms with Crippen LogP contribution in [0.2, 0.25) is 0 Å². The summed E-state index contributed by atoms with van der Waals surface area (Å²) < 4.78 is 18.0. The van der Waals surface area contributed by atoms with E-state index in [-0.39, 0.29) is 5.75 Å². The Morgan fingerprint density at radius 1 is 0.846 bits per heavy atom. The Balaban J connectivity index is 1.91. The molecule has 3 nitrogen and oxygen atoms in total. The Kier molecular flexibility index (Phi) is 5.68. The third kappa shape index (κ3) is 4.30. The summed E-state index contributed by atoms with van der Waals surface area (Å²) in [7, 11) is 0. The van der Waals surface area contributed by atoms with Gasteiger partial charge >= 0.3 is 0 Å². The van der Waals surface area contributed by atoms with Crippen molar-refractivity contribution in [1.29, 1.82) is 0 Å². The van der Waals surface area contributed by atoms with Crippen LogP contribution in [0.15, 0.2) is 97.2 Å². The molecule has 4 heteroatoms. The SMILES string of the molecule is Oc1ccccc1/C(=C\C=C/NF)c1ccc(Oc2ccccc2)cc1. The molecule has 0 aliphatic rings. The first-order valence-corrected chi connectivity index (χ1v) is 8.12. The van der Waals surface area contributed by atoms with Gasteiger partial charge < -0.3 is 9.84 Å². The lowest BCUT2D eigenvalue weighted by atomic mass is 9.96. The maximum atomic E-state index is 12.2. The van der Waals surface area contributed by atoms with Crippen LogP contribution in [0.4, 0.5) is 4.48 Å². The molecule has 0 spiro atoms. The van der Waals surface area contributed by atoms with Gasteiger partial charge in [-0.3, -0.25) is 0 Å². The van der Waals surface area contributed by atoms with Crippen molar-refractivity contribution in [2.75, 3.05) is 0 Å². The monoisotopic (exact) mass is 347 g/mol. The summed E-state index contributed by atoms with van der Waals surface area (Å²) in [5.41, 5.74) is 3.76. The molecule has 0 radical (unpaired) electrons. The van der Waals surface area contributed by atoms with Crippen LogP contribution in [0, 0.1) is 0 Å². The van der Waals surface area contributed by atoms with Gasteiger partial charge in [0.05, 0.1) is 0 Å². The van der Waals surface area contributed by atoms with E-state index in [1.807, 2.05) is 66.7 Å². The topological polar surface area (TPSA) is 41.5 Å². The minimum atomic E-state index is 0.157. The second kappa shape index (κ2) is 8.53. The molecular formula is C22H18FNO2. The number of halogens is 1. The molecule has 0 fully saturated rings. The molecule has 0 saturated heterocycles. The lowest BCUT2D eigenvalue weighted by Crippen LogP contribution is -1.90. The van der Waals surface area contributed by atoms with Crippen LogP contribution in [0.25, 0.3) is 5.57 Å². The highest BCUT2D eigenvalue weighted by atomic mass is 19.2. The molecule has 0 saturated carbocycles. The van der Waals surface area contributed by atoms with E-state index in [9.17, 15) is 9.59 Å². The van der Waals surface area contributed by atoms with Gasteiger partial charge in [-0.1, -0.05) is 54.6 Å². The zero-order valence-electron chi connectivity index (χ0n) is 14.0. The van der Waals surface area contributed by atoms with Crippen molar-refractivity contribution in [3.8, 4) is 17.2 Å². The number of phenols is 1. The number of hydrogen-bond acceptors (Lipinski definition) is 3. The molecule has 2 N–H and O–H groups in total. The van der Waals surface area contributed by atoms with Gasteiger partial charge in [-0.05, 0) is 47.5 Å². The molecule has 3 aromatic carbocycles. The van der Waals surface area contributed by atoms with Gasteiger partial charge in [0.25, 0.3) is 0 Å². The Hall–Kier alpha value is -3.53. The molecular weight excluding hydrogens is 329 g/mol. The van der Waals surface area contributed by atoms with Gasteiger partial charge in [-0.2, -0.15) is 0 Å². The first kappa shape index (κ1) is 17.3. The Morgan fingerprint density at radius 3 is 2.19 bits per heavy atom. The largest absolute Gasteiger partial charge is 0.507 e. The number of benzene rings is 3. The number of aromatic hydroxyl groups is 1. The summed E-state index contributed by atoms with van der Waals surface area (Å²) >= 11 is 0. The van der Waals surface area contributed by atoms with Crippen molar-refractivity contribution in [3.63, 3.8) is 0 Å². The number of ether oxygens (including phenoxy) is 1. The highest BCUT2D eigenvalue weighted by Gasteiger charge is 2.09. The normalized spacial score (nSPS) is 11.5. The van der Waals surface area contributed by atoms with Crippen LogP contribution in [0.3, 0.4) is 0 Å². The van der Waals surface area contributed by atoms with E-state index in [0.717, 1.165) is 16.9 Å². The van der Waals surface area contributed by atoms with Crippen molar-refractivity contribution >= 4 is 5.57 Å². The van der Waals surface area contributed by atoms with Gasteiger partial charge in [-0.25, -0.2) is 5.54 Å². The molecule has 0 aliphatic heterocycles. The lowest BCUT2D eigenvalue weighted by Gasteiger charge is -2.11. The van der Waals surface area contributed by atoms with Gasteiger partial charge in [0, 0.05) is 11.8 Å². The van der Waals surface area contributed by atoms with E-state index < -0.39 is 0 Å². The van der Waals surface area contributed by atoms with Gasteiger partial charge in [0.15, 0.2) is 0 Å². The van der Waals surface area contributed by atoms with Crippen LogP contribution in [0.1, 0.15) is 11.1 Å². The second-order valence-corrected chi connectivity index (χ2v) is 5.51. The number of allylic oxidation sites excluding steroid dienone is 2. The summed E-state index contributed by atoms with van der Waals surface area (Å²) in [5.74, 6) is 1.62. The molecule has 0 bridgehead atoms. The number of hydrogen-bond donors (Lipinski definition) is 2. The fourth-order valence-corrected chi connectivity index (χ4v) is 2.55. The minimum Gasteiger partial charge on any atom is -0.507 e. The molecule has 0 aliphatic carbocycles. The predicted molar refractivity (Wildman–Crippen MR) is 102 cm³/mol. The Bertz CT molecular complexity index is 903. The Morgan fingerprint density at radius 2 is 1.50 bits per heavy atom. The van der Waals surface area contributed by atoms with E-state index in [4.69, 9.17) is 4.74 Å². The number of nitrogens with one attached hydrogen (secondary N) is 1. The van der Waals surface area contributed by atoms with E-state index >= 15 is 0 Å². The molecule has 0 amide bonds. The summed E-state index contributed by atoms with van der Waals surface area (Å²) in [4.78, 5) is 0. The second-order valence-electron chi connectivity index (χ2n) is 5.51. The summed E-state index contributed by atoms with van der Waals surface area (Å²) in [6, 6.07) is 24.0. The van der Waals surface area contributed by atoms with Crippen molar-refractivity contribution in [2.24, 2.45) is 0 Å². The third-order valence-electron chi connectivity index (χ3n) is 3.76. The zero-order valence-corrected chi connectivity index (χ0v) is 14.0. The predicted octanol–water partition coefficient (Wildman–Crippen LogP) is 5.60. The first-order chi connectivity index (χ1) is 12.8. The van der Waals surface area contributed by atoms with Crippen LogP contribution in [-0.2, 0) is 0 Å². The van der Waals surface area contributed by atoms with E-state index in [2.05, 4.69) is 0 Å². The van der Waals surface area contributed by atoms with Crippen LogP contribution < -0.4 is 10.3 Å². The first-order valence-electron chi connectivity index (χ1n) is 8.12. The van der Waals surface area contributed by atoms with Crippen molar-refractivity contribution < 1.29 is 14.3 Å². The van der Waals surface area contributed by atoms with Crippen LogP contribution >= 0.6 is 0 Å². The standard InChI is InChI=1S/C22H18FNO2/c23-24-16-6-10-20(21-9-4-5-11-22(21)25)17-12-14-19(15-13-17)26-18-7-2-1-3-8-18/h1-16,24-25H/b16-6-,20-10-.